The lowest BCUT2D eigenvalue weighted by Crippen LogP contribution is -2.24. The van der Waals surface area contributed by atoms with E-state index in [2.05, 4.69) is 32.9 Å². The number of hydrogen-bond donors (Lipinski definition) is 1. The third-order valence-corrected chi connectivity index (χ3v) is 4.13. The Bertz CT molecular complexity index is 510. The second kappa shape index (κ2) is 7.59. The maximum Gasteiger partial charge on any atom is 0.283 e. The van der Waals surface area contributed by atoms with E-state index in [9.17, 15) is 4.79 Å². The Kier molecular flexibility index (Phi) is 5.79. The number of nitrogens with zero attached hydrogens (tertiary/aromatic N) is 2. The van der Waals surface area contributed by atoms with Crippen molar-refractivity contribution in [3.63, 3.8) is 0 Å². The first-order chi connectivity index (χ1) is 9.72. The van der Waals surface area contributed by atoms with Crippen LogP contribution in [0.1, 0.15) is 25.7 Å². The number of aromatic nitrogens is 2. The average Bonchev–Trinajstić information content (AvgIpc) is 2.95. The van der Waals surface area contributed by atoms with E-state index in [0.717, 1.165) is 0 Å². The minimum absolute atomic E-state index is 0.161. The molecule has 1 heterocycles. The van der Waals surface area contributed by atoms with Crippen molar-refractivity contribution >= 4 is 21.6 Å². The summed E-state index contributed by atoms with van der Waals surface area (Å²) in [6, 6.07) is 0. The summed E-state index contributed by atoms with van der Waals surface area (Å²) in [7, 11) is 0. The van der Waals surface area contributed by atoms with Crippen molar-refractivity contribution in [3.8, 4) is 0 Å². The van der Waals surface area contributed by atoms with Crippen LogP contribution in [0, 0.1) is 0 Å². The summed E-state index contributed by atoms with van der Waals surface area (Å²) in [6.07, 6.45) is 8.59. The lowest BCUT2D eigenvalue weighted by molar-refractivity contribution is 0.0659. The van der Waals surface area contributed by atoms with Crippen LogP contribution in [-0.4, -0.2) is 29.0 Å². The van der Waals surface area contributed by atoms with Crippen molar-refractivity contribution in [1.82, 2.24) is 9.78 Å². The minimum atomic E-state index is -0.161. The number of ether oxygens (including phenoxy) is 1. The predicted molar refractivity (Wildman–Crippen MR) is 83.1 cm³/mol. The molecule has 2 rings (SSSR count). The van der Waals surface area contributed by atoms with Crippen molar-refractivity contribution in [2.24, 2.45) is 0 Å². The number of hydrogen-bond acceptors (Lipinski definition) is 4. The van der Waals surface area contributed by atoms with E-state index in [-0.39, 0.29) is 5.56 Å². The second-order valence-electron chi connectivity index (χ2n) is 4.85. The molecule has 1 N–H and O–H groups in total. The topological polar surface area (TPSA) is 56.1 Å². The summed E-state index contributed by atoms with van der Waals surface area (Å²) in [5.74, 6) is 0. The molecule has 0 aromatic carbocycles. The minimum Gasteiger partial charge on any atom is -0.380 e. The lowest BCUT2D eigenvalue weighted by atomic mass is 10.3. The average molecular weight is 342 g/mol. The standard InChI is InChI=1S/C14H20BrN3O2/c1-2-8-18-14(19)13(15)12(10-17-18)16-7-9-20-11-5-3-4-6-11/h2,10-11,16H,1,3-9H2. The van der Waals surface area contributed by atoms with Gasteiger partial charge in [0.05, 0.1) is 31.1 Å². The van der Waals surface area contributed by atoms with E-state index in [0.29, 0.717) is 36.0 Å². The number of halogens is 1. The van der Waals surface area contributed by atoms with E-state index in [4.69, 9.17) is 4.74 Å². The highest BCUT2D eigenvalue weighted by Crippen LogP contribution is 2.21. The summed E-state index contributed by atoms with van der Waals surface area (Å²) in [5.41, 5.74) is 0.539. The van der Waals surface area contributed by atoms with Crippen molar-refractivity contribution < 1.29 is 4.74 Å². The molecule has 1 aromatic rings. The van der Waals surface area contributed by atoms with Crippen LogP contribution in [-0.2, 0) is 11.3 Å². The second-order valence-corrected chi connectivity index (χ2v) is 5.65. The van der Waals surface area contributed by atoms with E-state index < -0.39 is 0 Å². The van der Waals surface area contributed by atoms with Gasteiger partial charge in [-0.1, -0.05) is 18.9 Å². The van der Waals surface area contributed by atoms with Gasteiger partial charge in [-0.3, -0.25) is 4.79 Å². The van der Waals surface area contributed by atoms with Gasteiger partial charge in [0.2, 0.25) is 0 Å². The molecule has 1 aliphatic rings. The molecule has 0 spiro atoms. The molecule has 0 atom stereocenters. The Balaban J connectivity index is 1.84. The van der Waals surface area contributed by atoms with Gasteiger partial charge in [0.1, 0.15) is 4.47 Å². The van der Waals surface area contributed by atoms with Crippen LogP contribution in [0.5, 0.6) is 0 Å². The monoisotopic (exact) mass is 341 g/mol. The molecule has 0 aliphatic heterocycles. The Morgan fingerprint density at radius 3 is 3.00 bits per heavy atom. The van der Waals surface area contributed by atoms with Crippen LogP contribution in [0.2, 0.25) is 0 Å². The van der Waals surface area contributed by atoms with E-state index >= 15 is 0 Å². The van der Waals surface area contributed by atoms with Crippen molar-refractivity contribution in [2.45, 2.75) is 38.3 Å². The molecule has 0 bridgehead atoms. The first-order valence-electron chi connectivity index (χ1n) is 6.94. The van der Waals surface area contributed by atoms with Gasteiger partial charge in [0, 0.05) is 6.54 Å². The Morgan fingerprint density at radius 1 is 1.55 bits per heavy atom. The third-order valence-electron chi connectivity index (χ3n) is 3.36. The molecule has 0 amide bonds. The van der Waals surface area contributed by atoms with Crippen LogP contribution >= 0.6 is 15.9 Å². The first kappa shape index (κ1) is 15.3. The summed E-state index contributed by atoms with van der Waals surface area (Å²) in [6.45, 7) is 5.32. The fourth-order valence-corrected chi connectivity index (χ4v) is 2.75. The fourth-order valence-electron chi connectivity index (χ4n) is 2.31. The smallest absolute Gasteiger partial charge is 0.283 e. The highest BCUT2D eigenvalue weighted by Gasteiger charge is 2.14. The quantitative estimate of drug-likeness (QED) is 0.611. The van der Waals surface area contributed by atoms with E-state index in [1.54, 1.807) is 12.3 Å². The van der Waals surface area contributed by atoms with E-state index in [1.807, 2.05) is 0 Å². The molecule has 1 aromatic heterocycles. The maximum absolute atomic E-state index is 12.0. The van der Waals surface area contributed by atoms with Gasteiger partial charge >= 0.3 is 0 Å². The third kappa shape index (κ3) is 3.93. The normalized spacial score (nSPS) is 15.4. The largest absolute Gasteiger partial charge is 0.380 e. The molecule has 0 unspecified atom stereocenters. The SMILES string of the molecule is C=CCn1ncc(NCCOC2CCCC2)c(Br)c1=O. The Labute approximate surface area is 127 Å². The molecule has 0 radical (unpaired) electrons. The van der Waals surface area contributed by atoms with Crippen LogP contribution in [0.15, 0.2) is 28.1 Å². The Hall–Kier alpha value is -1.14. The fraction of sp³-hybridized carbons (Fsp3) is 0.571. The number of nitrogens with one attached hydrogen (secondary N) is 1. The van der Waals surface area contributed by atoms with Gasteiger partial charge in [-0.15, -0.1) is 6.58 Å². The molecule has 20 heavy (non-hydrogen) atoms. The summed E-state index contributed by atoms with van der Waals surface area (Å²) >= 11 is 3.31. The molecule has 1 aliphatic carbocycles. The molecule has 6 heteroatoms. The molecular formula is C14H20BrN3O2. The molecule has 0 saturated heterocycles. The number of anilines is 1. The summed E-state index contributed by atoms with van der Waals surface area (Å²) < 4.78 is 7.62. The Morgan fingerprint density at radius 2 is 2.30 bits per heavy atom. The van der Waals surface area contributed by atoms with Crippen LogP contribution in [0.4, 0.5) is 5.69 Å². The van der Waals surface area contributed by atoms with Crippen LogP contribution in [0.3, 0.4) is 0 Å². The van der Waals surface area contributed by atoms with Crippen molar-refractivity contribution in [2.75, 3.05) is 18.5 Å². The lowest BCUT2D eigenvalue weighted by Gasteiger charge is -2.13. The van der Waals surface area contributed by atoms with Crippen molar-refractivity contribution in [3.05, 3.63) is 33.7 Å². The van der Waals surface area contributed by atoms with Gasteiger partial charge in [0.15, 0.2) is 0 Å². The van der Waals surface area contributed by atoms with Gasteiger partial charge in [-0.05, 0) is 28.8 Å². The van der Waals surface area contributed by atoms with Crippen molar-refractivity contribution in [1.29, 1.82) is 0 Å². The molecule has 1 saturated carbocycles. The predicted octanol–water partition coefficient (Wildman–Crippen LogP) is 2.56. The molecule has 5 nitrogen and oxygen atoms in total. The highest BCUT2D eigenvalue weighted by molar-refractivity contribution is 9.10. The van der Waals surface area contributed by atoms with Crippen LogP contribution < -0.4 is 10.9 Å². The van der Waals surface area contributed by atoms with Gasteiger partial charge in [0.25, 0.3) is 5.56 Å². The maximum atomic E-state index is 12.0. The molecule has 110 valence electrons. The zero-order valence-corrected chi connectivity index (χ0v) is 13.1. The van der Waals surface area contributed by atoms with Gasteiger partial charge < -0.3 is 10.1 Å². The van der Waals surface area contributed by atoms with Crippen LogP contribution in [0.25, 0.3) is 0 Å². The molecule has 1 fully saturated rings. The zero-order valence-electron chi connectivity index (χ0n) is 11.5. The summed E-state index contributed by atoms with van der Waals surface area (Å²) in [4.78, 5) is 12.0. The first-order valence-corrected chi connectivity index (χ1v) is 7.73. The number of rotatable bonds is 7. The molecular weight excluding hydrogens is 322 g/mol. The summed E-state index contributed by atoms with van der Waals surface area (Å²) in [5, 5.41) is 7.26. The zero-order chi connectivity index (χ0) is 14.4. The van der Waals surface area contributed by atoms with E-state index in [1.165, 1.54) is 30.4 Å². The number of allylic oxidation sites excluding steroid dienone is 1. The van der Waals surface area contributed by atoms with Gasteiger partial charge in [-0.2, -0.15) is 5.10 Å². The van der Waals surface area contributed by atoms with Gasteiger partial charge in [-0.25, -0.2) is 4.68 Å². The highest BCUT2D eigenvalue weighted by atomic mass is 79.9.